The summed E-state index contributed by atoms with van der Waals surface area (Å²) in [5, 5.41) is 10.3. The van der Waals surface area contributed by atoms with E-state index in [0.29, 0.717) is 36.7 Å². The second kappa shape index (κ2) is 9.38. The van der Waals surface area contributed by atoms with Gasteiger partial charge in [0.15, 0.2) is 11.5 Å². The molecular weight excluding hydrogens is 349 g/mol. The largest absolute Gasteiger partial charge is 0.454 e. The average molecular weight is 371 g/mol. The summed E-state index contributed by atoms with van der Waals surface area (Å²) in [5.41, 5.74) is 1.54. The Labute approximate surface area is 158 Å². The summed E-state index contributed by atoms with van der Waals surface area (Å²) in [4.78, 5) is 1.96. The minimum absolute atomic E-state index is 0.124. The monoisotopic (exact) mass is 371 g/mol. The number of hydrogen-bond acceptors (Lipinski definition) is 5. The summed E-state index contributed by atoms with van der Waals surface area (Å²) < 4.78 is 30.0. The molecule has 0 fully saturated rings. The molecule has 27 heavy (non-hydrogen) atoms. The summed E-state index contributed by atoms with van der Waals surface area (Å²) in [6.45, 7) is 1.66. The van der Waals surface area contributed by atoms with Crippen molar-refractivity contribution in [1.82, 2.24) is 4.90 Å². The van der Waals surface area contributed by atoms with Gasteiger partial charge >= 0.3 is 0 Å². The molecule has 2 aromatic rings. The van der Waals surface area contributed by atoms with Gasteiger partial charge in [-0.3, -0.25) is 4.90 Å². The molecule has 142 valence electrons. The molecule has 2 aromatic carbocycles. The first-order valence-corrected chi connectivity index (χ1v) is 8.69. The van der Waals surface area contributed by atoms with E-state index in [4.69, 9.17) is 20.6 Å². The van der Waals surface area contributed by atoms with Gasteiger partial charge in [0.2, 0.25) is 6.79 Å². The van der Waals surface area contributed by atoms with Crippen LogP contribution in [0.1, 0.15) is 11.1 Å². The second-order valence-electron chi connectivity index (χ2n) is 6.32. The van der Waals surface area contributed by atoms with Crippen LogP contribution >= 0.6 is 0 Å². The van der Waals surface area contributed by atoms with E-state index in [1.165, 1.54) is 6.07 Å². The lowest BCUT2D eigenvalue weighted by atomic mass is 10.1. The molecule has 1 heterocycles. The zero-order chi connectivity index (χ0) is 19.1. The lowest BCUT2D eigenvalue weighted by Gasteiger charge is -2.25. The number of benzene rings is 2. The Morgan fingerprint density at radius 2 is 2.00 bits per heavy atom. The SMILES string of the molecule is C#CCOC[C@H](O)CN(Cc1ccc2c(c1)OCO2)Cc1ccccc1F. The standard InChI is InChI=1S/C21H22FNO4/c1-2-9-25-14-18(24)13-23(12-17-5-3-4-6-19(17)22)11-16-7-8-20-21(10-16)27-15-26-20/h1,3-8,10,18,24H,9,11-15H2/t18-/m1/s1. The Morgan fingerprint density at radius 3 is 2.81 bits per heavy atom. The molecule has 0 unspecified atom stereocenters. The van der Waals surface area contributed by atoms with Crippen LogP contribution < -0.4 is 9.47 Å². The smallest absolute Gasteiger partial charge is 0.231 e. The summed E-state index contributed by atoms with van der Waals surface area (Å²) >= 11 is 0. The van der Waals surface area contributed by atoms with E-state index in [1.54, 1.807) is 18.2 Å². The van der Waals surface area contributed by atoms with E-state index in [1.807, 2.05) is 23.1 Å². The zero-order valence-electron chi connectivity index (χ0n) is 14.9. The molecule has 1 atom stereocenters. The van der Waals surface area contributed by atoms with E-state index in [0.717, 1.165) is 5.56 Å². The van der Waals surface area contributed by atoms with Crippen LogP contribution in [0.25, 0.3) is 0 Å². The molecule has 0 bridgehead atoms. The molecule has 5 nitrogen and oxygen atoms in total. The van der Waals surface area contributed by atoms with Crippen molar-refractivity contribution >= 4 is 0 Å². The van der Waals surface area contributed by atoms with Gasteiger partial charge in [-0.2, -0.15) is 0 Å². The number of ether oxygens (including phenoxy) is 3. The molecule has 1 N–H and O–H groups in total. The quantitative estimate of drug-likeness (QED) is 0.542. The van der Waals surface area contributed by atoms with E-state index in [2.05, 4.69) is 5.92 Å². The highest BCUT2D eigenvalue weighted by Crippen LogP contribution is 2.33. The lowest BCUT2D eigenvalue weighted by molar-refractivity contribution is 0.0241. The molecule has 0 radical (unpaired) electrons. The first kappa shape index (κ1) is 19.2. The van der Waals surface area contributed by atoms with Crippen LogP contribution in [0.2, 0.25) is 0 Å². The Morgan fingerprint density at radius 1 is 1.19 bits per heavy atom. The number of fused-ring (bicyclic) bond motifs is 1. The maximum absolute atomic E-state index is 14.1. The van der Waals surface area contributed by atoms with Gasteiger partial charge in [0.25, 0.3) is 0 Å². The summed E-state index contributed by atoms with van der Waals surface area (Å²) in [7, 11) is 0. The minimum Gasteiger partial charge on any atom is -0.454 e. The second-order valence-corrected chi connectivity index (χ2v) is 6.32. The molecule has 0 aliphatic carbocycles. The highest BCUT2D eigenvalue weighted by molar-refractivity contribution is 5.44. The normalized spacial score (nSPS) is 13.6. The Hall–Kier alpha value is -2.59. The first-order chi connectivity index (χ1) is 13.2. The van der Waals surface area contributed by atoms with Gasteiger partial charge in [-0.1, -0.05) is 30.2 Å². The van der Waals surface area contributed by atoms with Gasteiger partial charge in [0.05, 0.1) is 12.7 Å². The summed E-state index contributed by atoms with van der Waals surface area (Å²) in [6.07, 6.45) is 4.41. The van der Waals surface area contributed by atoms with Crippen LogP contribution in [-0.2, 0) is 17.8 Å². The molecule has 6 heteroatoms. The number of rotatable bonds is 9. The fourth-order valence-electron chi connectivity index (χ4n) is 2.95. The number of terminal acetylenes is 1. The molecule has 0 saturated heterocycles. The van der Waals surface area contributed by atoms with Crippen molar-refractivity contribution in [3.63, 3.8) is 0 Å². The number of nitrogens with zero attached hydrogens (tertiary/aromatic N) is 1. The first-order valence-electron chi connectivity index (χ1n) is 8.69. The van der Waals surface area contributed by atoms with Crippen LogP contribution in [0.5, 0.6) is 11.5 Å². The minimum atomic E-state index is -0.737. The van der Waals surface area contributed by atoms with E-state index >= 15 is 0 Å². The third-order valence-corrected chi connectivity index (χ3v) is 4.16. The van der Waals surface area contributed by atoms with Crippen LogP contribution in [0.15, 0.2) is 42.5 Å². The molecule has 1 aliphatic rings. The van der Waals surface area contributed by atoms with Gasteiger partial charge in [-0.25, -0.2) is 4.39 Å². The van der Waals surface area contributed by atoms with E-state index in [-0.39, 0.29) is 25.8 Å². The predicted octanol–water partition coefficient (Wildman–Crippen LogP) is 2.57. The van der Waals surface area contributed by atoms with Gasteiger partial charge in [-0.05, 0) is 23.8 Å². The molecule has 3 rings (SSSR count). The van der Waals surface area contributed by atoms with E-state index in [9.17, 15) is 9.50 Å². The topological polar surface area (TPSA) is 51.2 Å². The zero-order valence-corrected chi connectivity index (χ0v) is 14.9. The number of halogens is 1. The maximum atomic E-state index is 14.1. The lowest BCUT2D eigenvalue weighted by Crippen LogP contribution is -2.34. The predicted molar refractivity (Wildman–Crippen MR) is 98.7 cm³/mol. The number of aliphatic hydroxyl groups is 1. The molecule has 1 aliphatic heterocycles. The Balaban J connectivity index is 1.70. The van der Waals surface area contributed by atoms with Crippen molar-refractivity contribution in [2.75, 3.05) is 26.6 Å². The molecule has 0 amide bonds. The summed E-state index contributed by atoms with van der Waals surface area (Å²) in [6, 6.07) is 12.3. The van der Waals surface area contributed by atoms with Crippen molar-refractivity contribution in [1.29, 1.82) is 0 Å². The van der Waals surface area contributed by atoms with Gasteiger partial charge in [0.1, 0.15) is 12.4 Å². The van der Waals surface area contributed by atoms with Crippen LogP contribution in [0.3, 0.4) is 0 Å². The van der Waals surface area contributed by atoms with Crippen molar-refractivity contribution in [3.8, 4) is 23.8 Å². The van der Waals surface area contributed by atoms with Gasteiger partial charge < -0.3 is 19.3 Å². The molecule has 0 saturated carbocycles. The molecule has 0 spiro atoms. The highest BCUT2D eigenvalue weighted by Gasteiger charge is 2.18. The third-order valence-electron chi connectivity index (χ3n) is 4.16. The van der Waals surface area contributed by atoms with E-state index < -0.39 is 6.10 Å². The number of hydrogen-bond donors (Lipinski definition) is 1. The van der Waals surface area contributed by atoms with Crippen LogP contribution in [0.4, 0.5) is 4.39 Å². The average Bonchev–Trinajstić information content (AvgIpc) is 3.11. The number of aliphatic hydroxyl groups excluding tert-OH is 1. The molecular formula is C21H22FNO4. The van der Waals surface area contributed by atoms with Crippen molar-refractivity contribution in [2.24, 2.45) is 0 Å². The summed E-state index contributed by atoms with van der Waals surface area (Å²) in [5.74, 6) is 3.49. The van der Waals surface area contributed by atoms with Crippen molar-refractivity contribution in [2.45, 2.75) is 19.2 Å². The Kier molecular flexibility index (Phi) is 6.66. The third kappa shape index (κ3) is 5.44. The van der Waals surface area contributed by atoms with Crippen molar-refractivity contribution < 1.29 is 23.7 Å². The Bertz CT molecular complexity index is 805. The van der Waals surface area contributed by atoms with Crippen molar-refractivity contribution in [3.05, 3.63) is 59.4 Å². The highest BCUT2D eigenvalue weighted by atomic mass is 19.1. The van der Waals surface area contributed by atoms with Crippen LogP contribution in [-0.4, -0.2) is 42.7 Å². The maximum Gasteiger partial charge on any atom is 0.231 e. The van der Waals surface area contributed by atoms with Gasteiger partial charge in [0, 0.05) is 25.2 Å². The van der Waals surface area contributed by atoms with Gasteiger partial charge in [-0.15, -0.1) is 6.42 Å². The fraction of sp³-hybridized carbons (Fsp3) is 0.333. The molecule has 0 aromatic heterocycles. The van der Waals surface area contributed by atoms with Crippen LogP contribution in [0, 0.1) is 18.2 Å². The fourth-order valence-corrected chi connectivity index (χ4v) is 2.95.